The number of allylic oxidation sites excluding steroid dienone is 3. The van der Waals surface area contributed by atoms with E-state index in [1.165, 1.54) is 0 Å². The molecule has 1 saturated heterocycles. The summed E-state index contributed by atoms with van der Waals surface area (Å²) in [5.74, 6) is -0.162. The highest BCUT2D eigenvalue weighted by atomic mass is 19.4. The molecule has 2 aliphatic heterocycles. The summed E-state index contributed by atoms with van der Waals surface area (Å²) in [6, 6.07) is 3.37. The Morgan fingerprint density at radius 1 is 1.20 bits per heavy atom. The van der Waals surface area contributed by atoms with E-state index in [1.54, 1.807) is 18.5 Å². The molecule has 7 atom stereocenters. The second kappa shape index (κ2) is 7.28. The van der Waals surface area contributed by atoms with Crippen LogP contribution >= 0.6 is 0 Å². The van der Waals surface area contributed by atoms with Crippen LogP contribution in [0.3, 0.4) is 0 Å². The molecule has 2 bridgehead atoms. The van der Waals surface area contributed by atoms with Crippen LogP contribution in [0.25, 0.3) is 5.57 Å². The molecule has 1 aromatic rings. The molecule has 1 saturated carbocycles. The number of hydrogen-bond donors (Lipinski definition) is 2. The van der Waals surface area contributed by atoms with E-state index in [1.807, 2.05) is 38.1 Å². The van der Waals surface area contributed by atoms with E-state index in [9.17, 15) is 23.4 Å². The fraction of sp³-hybridized carbons (Fsp3) is 0.593. The third kappa shape index (κ3) is 3.00. The van der Waals surface area contributed by atoms with Crippen molar-refractivity contribution < 1.29 is 28.1 Å². The summed E-state index contributed by atoms with van der Waals surface area (Å²) in [7, 11) is 3.68. The highest BCUT2D eigenvalue weighted by Crippen LogP contribution is 2.70. The lowest BCUT2D eigenvalue weighted by molar-refractivity contribution is -0.170. The van der Waals surface area contributed by atoms with Crippen molar-refractivity contribution in [2.24, 2.45) is 11.3 Å². The molecule has 5 aliphatic rings. The maximum absolute atomic E-state index is 14.7. The Kier molecular flexibility index (Phi) is 4.87. The van der Waals surface area contributed by atoms with Gasteiger partial charge in [-0.15, -0.1) is 0 Å². The molecule has 3 aliphatic carbocycles. The molecule has 0 radical (unpaired) electrons. The number of alkyl halides is 3. The maximum Gasteiger partial charge on any atom is 0.413 e. The van der Waals surface area contributed by atoms with Gasteiger partial charge in [-0.1, -0.05) is 25.1 Å². The van der Waals surface area contributed by atoms with Crippen LogP contribution in [0.5, 0.6) is 0 Å². The predicted molar refractivity (Wildman–Crippen MR) is 124 cm³/mol. The van der Waals surface area contributed by atoms with Crippen molar-refractivity contribution in [2.75, 3.05) is 14.1 Å². The topological polar surface area (TPSA) is 65.8 Å². The number of aliphatic hydroxyl groups excluding tert-OH is 2. The summed E-state index contributed by atoms with van der Waals surface area (Å²) in [6.45, 7) is 1.94. The minimum absolute atomic E-state index is 0.155. The zero-order valence-electron chi connectivity index (χ0n) is 20.1. The number of aliphatic hydroxyl groups is 2. The first kappa shape index (κ1) is 23.4. The number of nitrogens with zero attached hydrogens (tertiary/aromatic N) is 2. The van der Waals surface area contributed by atoms with Gasteiger partial charge in [0.25, 0.3) is 0 Å². The lowest BCUT2D eigenvalue weighted by Crippen LogP contribution is -2.62. The second-order valence-corrected chi connectivity index (χ2v) is 11.4. The summed E-state index contributed by atoms with van der Waals surface area (Å²) in [4.78, 5) is 6.08. The van der Waals surface area contributed by atoms with Gasteiger partial charge in [-0.2, -0.15) is 13.2 Å². The second-order valence-electron chi connectivity index (χ2n) is 11.4. The molecule has 1 aromatic heterocycles. The molecule has 0 amide bonds. The van der Waals surface area contributed by atoms with Gasteiger partial charge >= 0.3 is 6.18 Å². The minimum atomic E-state index is -4.54. The van der Waals surface area contributed by atoms with Crippen molar-refractivity contribution in [2.45, 2.75) is 74.7 Å². The van der Waals surface area contributed by atoms with Gasteiger partial charge in [-0.3, -0.25) is 4.98 Å². The molecule has 6 rings (SSSR count). The number of halogens is 3. The van der Waals surface area contributed by atoms with E-state index >= 15 is 0 Å². The fourth-order valence-corrected chi connectivity index (χ4v) is 7.90. The third-order valence-electron chi connectivity index (χ3n) is 9.49. The Balaban J connectivity index is 1.54. The van der Waals surface area contributed by atoms with Crippen molar-refractivity contribution >= 4 is 5.57 Å². The van der Waals surface area contributed by atoms with Crippen LogP contribution in [0.4, 0.5) is 13.2 Å². The fourth-order valence-electron chi connectivity index (χ4n) is 7.90. The molecule has 2 fully saturated rings. The summed E-state index contributed by atoms with van der Waals surface area (Å²) in [6.07, 6.45) is 2.01. The van der Waals surface area contributed by atoms with Crippen molar-refractivity contribution in [1.82, 2.24) is 9.88 Å². The lowest BCUT2D eigenvalue weighted by Gasteiger charge is -2.56. The van der Waals surface area contributed by atoms with Gasteiger partial charge in [-0.25, -0.2) is 0 Å². The van der Waals surface area contributed by atoms with E-state index in [2.05, 4.69) is 11.1 Å². The van der Waals surface area contributed by atoms with Gasteiger partial charge in [-0.05, 0) is 74.5 Å². The standard InChI is InChI=1S/C27H31F3N2O3/c1-24-12-19(27(28,29)30)17-11-18-22(33)23(34)20(32(2)3)13-25(18)8-9-26(17,35-25)21(24)7-6-16(24)15-5-4-10-31-14-15/h4-6,10-11,14,20-23,33-34H,7-9,12-13H2,1-3H3/t20-,21?,22+,23+,24+,25+,26+/m0/s1. The average molecular weight is 489 g/mol. The molecular weight excluding hydrogens is 457 g/mol. The summed E-state index contributed by atoms with van der Waals surface area (Å²) >= 11 is 0. The van der Waals surface area contributed by atoms with Crippen LogP contribution in [0.1, 0.15) is 44.6 Å². The number of aromatic nitrogens is 1. The monoisotopic (exact) mass is 488 g/mol. The maximum atomic E-state index is 14.7. The average Bonchev–Trinajstić information content (AvgIpc) is 3.31. The smallest absolute Gasteiger partial charge is 0.388 e. The number of hydrogen-bond acceptors (Lipinski definition) is 5. The van der Waals surface area contributed by atoms with Gasteiger partial charge < -0.3 is 19.8 Å². The van der Waals surface area contributed by atoms with Crippen LogP contribution in [0, 0.1) is 11.3 Å². The Morgan fingerprint density at radius 3 is 2.63 bits per heavy atom. The van der Waals surface area contributed by atoms with Gasteiger partial charge in [0, 0.05) is 35.3 Å². The minimum Gasteiger partial charge on any atom is -0.388 e. The Hall–Kier alpha value is -2.00. The highest BCUT2D eigenvalue weighted by Gasteiger charge is 2.69. The molecule has 3 heterocycles. The summed E-state index contributed by atoms with van der Waals surface area (Å²) in [5, 5.41) is 21.9. The van der Waals surface area contributed by atoms with Crippen molar-refractivity contribution in [1.29, 1.82) is 0 Å². The van der Waals surface area contributed by atoms with Crippen LogP contribution in [-0.4, -0.2) is 69.8 Å². The molecule has 8 heteroatoms. The molecule has 5 nitrogen and oxygen atoms in total. The van der Waals surface area contributed by atoms with Crippen LogP contribution in [0.2, 0.25) is 0 Å². The molecule has 188 valence electrons. The molecule has 2 spiro atoms. The van der Waals surface area contributed by atoms with Crippen LogP contribution < -0.4 is 0 Å². The number of likely N-dealkylation sites (N-methyl/N-ethyl adjacent to an activating group) is 1. The van der Waals surface area contributed by atoms with Gasteiger partial charge in [0.1, 0.15) is 6.10 Å². The predicted octanol–water partition coefficient (Wildman–Crippen LogP) is 4.04. The largest absolute Gasteiger partial charge is 0.413 e. The van der Waals surface area contributed by atoms with Crippen LogP contribution in [0.15, 0.2) is 53.4 Å². The quantitative estimate of drug-likeness (QED) is 0.658. The van der Waals surface area contributed by atoms with E-state index in [0.717, 1.165) is 11.1 Å². The molecule has 2 N–H and O–H groups in total. The van der Waals surface area contributed by atoms with E-state index < -0.39 is 40.6 Å². The summed E-state index contributed by atoms with van der Waals surface area (Å²) in [5.41, 5.74) is -0.988. The molecule has 1 unspecified atom stereocenters. The number of ether oxygens (including phenoxy) is 1. The zero-order chi connectivity index (χ0) is 25.0. The SMILES string of the molecule is CN(C)[C@H]1C[C@@]23CC[C@@]4(O2)C(=C(C(F)(F)F)C[C@]2(C)C(c5cccnc5)=CCC24)C=C3[C@@H](O)[C@@H]1O. The number of fused-ring (bicyclic) bond motifs is 1. The molecule has 0 aromatic carbocycles. The van der Waals surface area contributed by atoms with E-state index in [0.29, 0.717) is 31.3 Å². The van der Waals surface area contributed by atoms with Gasteiger partial charge in [0.2, 0.25) is 0 Å². The molecular formula is C27H31F3N2O3. The molecule has 35 heavy (non-hydrogen) atoms. The Labute approximate surface area is 203 Å². The highest BCUT2D eigenvalue weighted by molar-refractivity contribution is 5.74. The lowest BCUT2D eigenvalue weighted by atomic mass is 9.56. The van der Waals surface area contributed by atoms with Crippen molar-refractivity contribution in [3.63, 3.8) is 0 Å². The van der Waals surface area contributed by atoms with Crippen molar-refractivity contribution in [3.8, 4) is 0 Å². The Bertz CT molecular complexity index is 1160. The third-order valence-corrected chi connectivity index (χ3v) is 9.49. The van der Waals surface area contributed by atoms with Gasteiger partial charge in [0.15, 0.2) is 0 Å². The van der Waals surface area contributed by atoms with E-state index in [-0.39, 0.29) is 24.0 Å². The van der Waals surface area contributed by atoms with Gasteiger partial charge in [0.05, 0.1) is 17.3 Å². The zero-order valence-corrected chi connectivity index (χ0v) is 20.1. The van der Waals surface area contributed by atoms with E-state index in [4.69, 9.17) is 4.74 Å². The normalized spacial score (nSPS) is 42.4. The first-order chi connectivity index (χ1) is 16.4. The van der Waals surface area contributed by atoms with Crippen molar-refractivity contribution in [3.05, 3.63) is 59.0 Å². The first-order valence-corrected chi connectivity index (χ1v) is 12.3. The Morgan fingerprint density at radius 2 is 1.97 bits per heavy atom. The number of rotatable bonds is 2. The number of pyridine rings is 1. The summed E-state index contributed by atoms with van der Waals surface area (Å²) < 4.78 is 50.9. The van der Waals surface area contributed by atoms with Crippen LogP contribution in [-0.2, 0) is 4.74 Å². The first-order valence-electron chi connectivity index (χ1n) is 12.3.